The average molecular weight is 679 g/mol. The highest BCUT2D eigenvalue weighted by molar-refractivity contribution is 7.26. The van der Waals surface area contributed by atoms with Crippen molar-refractivity contribution in [1.82, 2.24) is 0 Å². The lowest BCUT2D eigenvalue weighted by Crippen LogP contribution is -1.91. The van der Waals surface area contributed by atoms with Crippen LogP contribution in [0.5, 0.6) is 0 Å². The standard InChI is InChI=1S/C50H30OS/c1-3-15-32(16-4-1)46-42-28-29-43-48(50(42)51-49(46)33-17-5-2-6-18-33)41-27-26-34(30-44(41)52-43)45-37-21-9-11-23-39(37)47(40-24-12-10-22-38(40)45)36-25-13-19-31-14-7-8-20-35(31)36/h1-30H. The maximum absolute atomic E-state index is 6.94. The second-order valence-corrected chi connectivity index (χ2v) is 14.6. The van der Waals surface area contributed by atoms with Gasteiger partial charge in [-0.2, -0.15) is 0 Å². The van der Waals surface area contributed by atoms with Crippen LogP contribution in [-0.2, 0) is 0 Å². The molecular formula is C50H30OS. The van der Waals surface area contributed by atoms with Crippen molar-refractivity contribution in [2.45, 2.75) is 0 Å². The molecule has 0 amide bonds. The molecule has 2 heteroatoms. The van der Waals surface area contributed by atoms with Gasteiger partial charge in [0.1, 0.15) is 11.3 Å². The van der Waals surface area contributed by atoms with E-state index in [9.17, 15) is 0 Å². The molecule has 0 aliphatic carbocycles. The molecule has 11 aromatic rings. The summed E-state index contributed by atoms with van der Waals surface area (Å²) in [4.78, 5) is 0. The lowest BCUT2D eigenvalue weighted by Gasteiger charge is -2.18. The third kappa shape index (κ3) is 4.35. The SMILES string of the molecule is c1ccc(-c2oc3c(ccc4sc5cc(-c6c7ccccc7c(-c7cccc8ccccc78)c7ccccc67)ccc5c43)c2-c2ccccc2)cc1. The van der Waals surface area contributed by atoms with Crippen molar-refractivity contribution in [1.29, 1.82) is 0 Å². The maximum atomic E-state index is 6.94. The van der Waals surface area contributed by atoms with Crippen molar-refractivity contribution >= 4 is 74.8 Å². The first-order valence-electron chi connectivity index (χ1n) is 17.8. The van der Waals surface area contributed by atoms with Crippen molar-refractivity contribution in [3.63, 3.8) is 0 Å². The highest BCUT2D eigenvalue weighted by Crippen LogP contribution is 2.49. The van der Waals surface area contributed by atoms with Gasteiger partial charge >= 0.3 is 0 Å². The largest absolute Gasteiger partial charge is 0.455 e. The normalized spacial score (nSPS) is 11.8. The second kappa shape index (κ2) is 11.5. The Bertz CT molecular complexity index is 3100. The molecule has 0 saturated carbocycles. The molecular weight excluding hydrogens is 649 g/mol. The highest BCUT2D eigenvalue weighted by Gasteiger charge is 2.23. The molecule has 242 valence electrons. The van der Waals surface area contributed by atoms with Crippen LogP contribution in [0.3, 0.4) is 0 Å². The fourth-order valence-corrected chi connectivity index (χ4v) is 9.57. The van der Waals surface area contributed by atoms with Crippen LogP contribution in [0.4, 0.5) is 0 Å². The van der Waals surface area contributed by atoms with Gasteiger partial charge in [-0.15, -0.1) is 11.3 Å². The van der Waals surface area contributed by atoms with E-state index in [1.165, 1.54) is 74.7 Å². The van der Waals surface area contributed by atoms with Gasteiger partial charge in [-0.1, -0.05) is 164 Å². The molecule has 52 heavy (non-hydrogen) atoms. The van der Waals surface area contributed by atoms with Crippen LogP contribution in [0.1, 0.15) is 0 Å². The van der Waals surface area contributed by atoms with Gasteiger partial charge in [-0.25, -0.2) is 0 Å². The van der Waals surface area contributed by atoms with Gasteiger partial charge in [-0.05, 0) is 78.3 Å². The quantitative estimate of drug-likeness (QED) is 0.169. The molecule has 2 aromatic heterocycles. The summed E-state index contributed by atoms with van der Waals surface area (Å²) in [5.41, 5.74) is 9.39. The number of hydrogen-bond donors (Lipinski definition) is 0. The topological polar surface area (TPSA) is 13.1 Å². The molecule has 1 nitrogen and oxygen atoms in total. The van der Waals surface area contributed by atoms with Gasteiger partial charge in [-0.3, -0.25) is 0 Å². The molecule has 0 fully saturated rings. The first-order valence-corrected chi connectivity index (χ1v) is 18.6. The Morgan fingerprint density at radius 2 is 0.923 bits per heavy atom. The zero-order chi connectivity index (χ0) is 34.2. The molecule has 0 aliphatic heterocycles. The number of furan rings is 1. The van der Waals surface area contributed by atoms with Crippen molar-refractivity contribution < 1.29 is 4.42 Å². The van der Waals surface area contributed by atoms with E-state index in [0.29, 0.717) is 0 Å². The van der Waals surface area contributed by atoms with E-state index < -0.39 is 0 Å². The summed E-state index contributed by atoms with van der Waals surface area (Å²) in [6.07, 6.45) is 0. The molecule has 11 rings (SSSR count). The van der Waals surface area contributed by atoms with Crippen LogP contribution in [0.25, 0.3) is 108 Å². The Hall–Kier alpha value is -6.48. The monoisotopic (exact) mass is 678 g/mol. The summed E-state index contributed by atoms with van der Waals surface area (Å²) in [5, 5.41) is 11.1. The fourth-order valence-electron chi connectivity index (χ4n) is 8.43. The van der Waals surface area contributed by atoms with Gasteiger partial charge in [0.15, 0.2) is 0 Å². The lowest BCUT2D eigenvalue weighted by atomic mass is 9.84. The van der Waals surface area contributed by atoms with Crippen molar-refractivity contribution in [2.75, 3.05) is 0 Å². The smallest absolute Gasteiger partial charge is 0.144 e. The number of thiophene rings is 1. The van der Waals surface area contributed by atoms with Crippen LogP contribution in [0.2, 0.25) is 0 Å². The zero-order valence-electron chi connectivity index (χ0n) is 28.1. The summed E-state index contributed by atoms with van der Waals surface area (Å²) in [6, 6.07) is 66.0. The van der Waals surface area contributed by atoms with Gasteiger partial charge in [0.2, 0.25) is 0 Å². The first kappa shape index (κ1) is 29.3. The Balaban J connectivity index is 1.17. The molecule has 0 atom stereocenters. The Kier molecular flexibility index (Phi) is 6.49. The lowest BCUT2D eigenvalue weighted by molar-refractivity contribution is 0.636. The van der Waals surface area contributed by atoms with E-state index in [1.54, 1.807) is 0 Å². The Morgan fingerprint density at radius 1 is 0.346 bits per heavy atom. The van der Waals surface area contributed by atoms with Crippen LogP contribution >= 0.6 is 11.3 Å². The first-order chi connectivity index (χ1) is 25.8. The summed E-state index contributed by atoms with van der Waals surface area (Å²) >= 11 is 1.84. The number of fused-ring (bicyclic) bond motifs is 8. The molecule has 0 unspecified atom stereocenters. The third-order valence-electron chi connectivity index (χ3n) is 10.7. The van der Waals surface area contributed by atoms with Crippen molar-refractivity contribution in [2.24, 2.45) is 0 Å². The summed E-state index contributed by atoms with van der Waals surface area (Å²) in [5.74, 6) is 0.912. The highest BCUT2D eigenvalue weighted by atomic mass is 32.1. The molecule has 9 aromatic carbocycles. The zero-order valence-corrected chi connectivity index (χ0v) is 29.0. The van der Waals surface area contributed by atoms with E-state index in [1.807, 2.05) is 11.3 Å². The van der Waals surface area contributed by atoms with Crippen LogP contribution in [-0.4, -0.2) is 0 Å². The molecule has 0 saturated heterocycles. The molecule has 0 bridgehead atoms. The van der Waals surface area contributed by atoms with E-state index in [4.69, 9.17) is 4.42 Å². The van der Waals surface area contributed by atoms with Gasteiger partial charge in [0.05, 0.1) is 0 Å². The van der Waals surface area contributed by atoms with Crippen molar-refractivity contribution in [3.05, 3.63) is 182 Å². The minimum Gasteiger partial charge on any atom is -0.455 e. The third-order valence-corrected chi connectivity index (χ3v) is 11.8. The molecule has 0 radical (unpaired) electrons. The van der Waals surface area contributed by atoms with Gasteiger partial charge < -0.3 is 4.42 Å². The summed E-state index contributed by atoms with van der Waals surface area (Å²) < 4.78 is 9.43. The van der Waals surface area contributed by atoms with Crippen LogP contribution in [0, 0.1) is 0 Å². The molecule has 2 heterocycles. The number of benzene rings is 9. The van der Waals surface area contributed by atoms with E-state index >= 15 is 0 Å². The fraction of sp³-hybridized carbons (Fsp3) is 0. The van der Waals surface area contributed by atoms with E-state index in [0.717, 1.165) is 33.4 Å². The number of hydrogen-bond acceptors (Lipinski definition) is 2. The van der Waals surface area contributed by atoms with Crippen LogP contribution in [0.15, 0.2) is 186 Å². The van der Waals surface area contributed by atoms with Gasteiger partial charge in [0.25, 0.3) is 0 Å². The molecule has 0 aliphatic rings. The van der Waals surface area contributed by atoms with E-state index in [2.05, 4.69) is 182 Å². The predicted octanol–water partition coefficient (Wildman–Crippen LogP) is 14.9. The van der Waals surface area contributed by atoms with Gasteiger partial charge in [0, 0.05) is 36.7 Å². The Morgan fingerprint density at radius 3 is 1.63 bits per heavy atom. The maximum Gasteiger partial charge on any atom is 0.144 e. The second-order valence-electron chi connectivity index (χ2n) is 13.5. The summed E-state index contributed by atoms with van der Waals surface area (Å²) in [6.45, 7) is 0. The minimum atomic E-state index is 0.912. The van der Waals surface area contributed by atoms with E-state index in [-0.39, 0.29) is 0 Å². The minimum absolute atomic E-state index is 0.912. The Labute approximate surface area is 304 Å². The van der Waals surface area contributed by atoms with Crippen molar-refractivity contribution in [3.8, 4) is 44.7 Å². The average Bonchev–Trinajstić information content (AvgIpc) is 3.79. The predicted molar refractivity (Wildman–Crippen MR) is 223 cm³/mol. The molecule has 0 N–H and O–H groups in total. The van der Waals surface area contributed by atoms with Crippen LogP contribution < -0.4 is 0 Å². The summed E-state index contributed by atoms with van der Waals surface area (Å²) in [7, 11) is 0. The number of rotatable bonds is 4. The molecule has 0 spiro atoms.